The van der Waals surface area contributed by atoms with Crippen LogP contribution in [0.4, 0.5) is 10.2 Å². The van der Waals surface area contributed by atoms with Gasteiger partial charge in [-0.1, -0.05) is 24.3 Å². The molecule has 39 heavy (non-hydrogen) atoms. The van der Waals surface area contributed by atoms with E-state index in [1.165, 1.54) is 0 Å². The molecule has 4 heterocycles. The maximum Gasteiger partial charge on any atom is 0.319 e. The number of aromatic hydroxyl groups is 1. The van der Waals surface area contributed by atoms with Gasteiger partial charge in [0, 0.05) is 48.9 Å². The molecule has 0 unspecified atom stereocenters. The van der Waals surface area contributed by atoms with Gasteiger partial charge >= 0.3 is 6.01 Å². The number of halogens is 1. The third kappa shape index (κ3) is 4.53. The van der Waals surface area contributed by atoms with Crippen molar-refractivity contribution in [3.8, 4) is 23.0 Å². The van der Waals surface area contributed by atoms with Crippen LogP contribution in [0.1, 0.15) is 25.7 Å². The maximum atomic E-state index is 16.4. The summed E-state index contributed by atoms with van der Waals surface area (Å²) in [6.07, 6.45) is 6.12. The van der Waals surface area contributed by atoms with E-state index in [-0.39, 0.29) is 28.4 Å². The van der Waals surface area contributed by atoms with Crippen LogP contribution in [0.2, 0.25) is 0 Å². The van der Waals surface area contributed by atoms with Crippen molar-refractivity contribution < 1.29 is 14.2 Å². The van der Waals surface area contributed by atoms with Crippen LogP contribution in [0.15, 0.2) is 42.6 Å². The summed E-state index contributed by atoms with van der Waals surface area (Å²) in [6.45, 7) is 3.03. The molecule has 7 rings (SSSR count). The summed E-state index contributed by atoms with van der Waals surface area (Å²) in [5, 5.41) is 16.2. The SMILES string of the molecule is CN(C)CC1(COc2nc(N3C[C@H]4CC[C@@H](C3)N4)c3cnc(-c4cc(O)cc5ccccc45)c(F)c3n2)CC1. The summed E-state index contributed by atoms with van der Waals surface area (Å²) in [5.74, 6) is 0.193. The van der Waals surface area contributed by atoms with Crippen molar-refractivity contribution in [2.75, 3.05) is 45.2 Å². The molecular formula is C30H33FN6O2. The Morgan fingerprint density at radius 1 is 1.10 bits per heavy atom. The Morgan fingerprint density at radius 2 is 1.87 bits per heavy atom. The molecule has 3 fully saturated rings. The molecule has 0 amide bonds. The van der Waals surface area contributed by atoms with Gasteiger partial charge in [0.15, 0.2) is 5.82 Å². The highest BCUT2D eigenvalue weighted by molar-refractivity contribution is 5.99. The lowest BCUT2D eigenvalue weighted by Gasteiger charge is -2.34. The van der Waals surface area contributed by atoms with Crippen molar-refractivity contribution in [2.45, 2.75) is 37.8 Å². The summed E-state index contributed by atoms with van der Waals surface area (Å²) in [6, 6.07) is 11.8. The molecule has 3 aliphatic rings. The number of rotatable bonds is 7. The van der Waals surface area contributed by atoms with Crippen LogP contribution in [0.25, 0.3) is 32.9 Å². The number of hydrogen-bond donors (Lipinski definition) is 2. The van der Waals surface area contributed by atoms with Crippen molar-refractivity contribution in [3.63, 3.8) is 0 Å². The number of pyridine rings is 1. The van der Waals surface area contributed by atoms with Gasteiger partial charge in [-0.15, -0.1) is 0 Å². The first-order chi connectivity index (χ1) is 18.9. The molecule has 1 aliphatic carbocycles. The molecule has 9 heteroatoms. The number of fused-ring (bicyclic) bond motifs is 4. The van der Waals surface area contributed by atoms with Crippen LogP contribution in [0.5, 0.6) is 11.8 Å². The lowest BCUT2D eigenvalue weighted by Crippen LogP contribution is -2.51. The molecule has 0 radical (unpaired) electrons. The largest absolute Gasteiger partial charge is 0.508 e. The lowest BCUT2D eigenvalue weighted by molar-refractivity contribution is 0.183. The highest BCUT2D eigenvalue weighted by Gasteiger charge is 2.44. The minimum absolute atomic E-state index is 0.0595. The van der Waals surface area contributed by atoms with Crippen LogP contribution in [-0.4, -0.2) is 77.4 Å². The van der Waals surface area contributed by atoms with Gasteiger partial charge in [-0.2, -0.15) is 9.97 Å². The van der Waals surface area contributed by atoms with Gasteiger partial charge in [-0.25, -0.2) is 4.39 Å². The number of piperazine rings is 1. The van der Waals surface area contributed by atoms with Gasteiger partial charge in [-0.3, -0.25) is 4.98 Å². The summed E-state index contributed by atoms with van der Waals surface area (Å²) < 4.78 is 22.7. The van der Waals surface area contributed by atoms with Gasteiger partial charge in [0.05, 0.1) is 12.0 Å². The van der Waals surface area contributed by atoms with Gasteiger partial charge < -0.3 is 25.0 Å². The molecule has 202 valence electrons. The summed E-state index contributed by atoms with van der Waals surface area (Å²) >= 11 is 0. The van der Waals surface area contributed by atoms with Crippen LogP contribution < -0.4 is 15.0 Å². The van der Waals surface area contributed by atoms with Crippen molar-refractivity contribution in [3.05, 3.63) is 48.4 Å². The Labute approximate surface area is 226 Å². The van der Waals surface area contributed by atoms with Crippen molar-refractivity contribution in [1.82, 2.24) is 25.2 Å². The number of benzene rings is 2. The number of phenolic OH excluding ortho intramolecular Hbond substituents is 1. The molecule has 2 aliphatic heterocycles. The zero-order valence-corrected chi connectivity index (χ0v) is 22.3. The molecule has 2 N–H and O–H groups in total. The first-order valence-corrected chi connectivity index (χ1v) is 13.7. The smallest absolute Gasteiger partial charge is 0.319 e. The standard InChI is InChI=1S/C30H33FN6O2/c1-36(2)16-30(9-10-30)17-39-29-34-27-24(28(35-29)37-14-19-7-8-20(15-37)33-19)13-32-26(25(27)31)23-12-21(38)11-18-5-3-4-6-22(18)23/h3-6,11-13,19-20,33,38H,7-10,14-17H2,1-2H3/t19-,20+. The second-order valence-corrected chi connectivity index (χ2v) is 11.8. The molecule has 0 spiro atoms. The third-order valence-electron chi connectivity index (χ3n) is 8.38. The Hall–Kier alpha value is -3.56. The number of hydrogen-bond acceptors (Lipinski definition) is 8. The molecular weight excluding hydrogens is 495 g/mol. The minimum atomic E-state index is -0.538. The fraction of sp³-hybridized carbons (Fsp3) is 0.433. The predicted octanol–water partition coefficient (Wildman–Crippen LogP) is 4.35. The van der Waals surface area contributed by atoms with Crippen LogP contribution in [0.3, 0.4) is 0 Å². The number of anilines is 1. The molecule has 8 nitrogen and oxygen atoms in total. The molecule has 2 atom stereocenters. The summed E-state index contributed by atoms with van der Waals surface area (Å²) in [5.41, 5.74) is 0.960. The van der Waals surface area contributed by atoms with E-state index in [4.69, 9.17) is 9.72 Å². The number of nitrogens with zero attached hydrogens (tertiary/aromatic N) is 5. The number of nitrogens with one attached hydrogen (secondary N) is 1. The molecule has 2 saturated heterocycles. The normalized spacial score (nSPS) is 21.7. The van der Waals surface area contributed by atoms with E-state index in [9.17, 15) is 5.11 Å². The average Bonchev–Trinajstić information content (AvgIpc) is 3.60. The van der Waals surface area contributed by atoms with Crippen LogP contribution in [-0.2, 0) is 0 Å². The maximum absolute atomic E-state index is 16.4. The minimum Gasteiger partial charge on any atom is -0.508 e. The highest BCUT2D eigenvalue weighted by Crippen LogP contribution is 2.46. The first-order valence-electron chi connectivity index (χ1n) is 13.7. The van der Waals surface area contributed by atoms with E-state index < -0.39 is 5.82 Å². The molecule has 4 aromatic rings. The quantitative estimate of drug-likeness (QED) is 0.366. The Bertz CT molecular complexity index is 1560. The Morgan fingerprint density at radius 3 is 2.62 bits per heavy atom. The molecule has 2 aromatic heterocycles. The fourth-order valence-corrected chi connectivity index (χ4v) is 6.39. The lowest BCUT2D eigenvalue weighted by atomic mass is 10.00. The van der Waals surface area contributed by atoms with Crippen molar-refractivity contribution >= 4 is 27.5 Å². The molecule has 2 aromatic carbocycles. The van der Waals surface area contributed by atoms with Crippen LogP contribution >= 0.6 is 0 Å². The van der Waals surface area contributed by atoms with Crippen LogP contribution in [0, 0.1) is 11.2 Å². The van der Waals surface area contributed by atoms with E-state index in [0.717, 1.165) is 56.1 Å². The van der Waals surface area contributed by atoms with Crippen molar-refractivity contribution in [1.29, 1.82) is 0 Å². The average molecular weight is 529 g/mol. The predicted molar refractivity (Wildman–Crippen MR) is 150 cm³/mol. The van der Waals surface area contributed by atoms with E-state index >= 15 is 4.39 Å². The van der Waals surface area contributed by atoms with E-state index in [0.29, 0.717) is 35.5 Å². The van der Waals surface area contributed by atoms with E-state index in [1.807, 2.05) is 24.3 Å². The number of ether oxygens (including phenoxy) is 1. The monoisotopic (exact) mass is 528 g/mol. The second kappa shape index (κ2) is 9.27. The van der Waals surface area contributed by atoms with E-state index in [2.05, 4.69) is 39.2 Å². The fourth-order valence-electron chi connectivity index (χ4n) is 6.39. The highest BCUT2D eigenvalue weighted by atomic mass is 19.1. The van der Waals surface area contributed by atoms with Gasteiger partial charge in [0.1, 0.15) is 22.8 Å². The van der Waals surface area contributed by atoms with Crippen molar-refractivity contribution in [2.24, 2.45) is 5.41 Å². The third-order valence-corrected chi connectivity index (χ3v) is 8.38. The zero-order valence-electron chi connectivity index (χ0n) is 22.3. The number of aromatic nitrogens is 3. The Kier molecular flexibility index (Phi) is 5.82. The van der Waals surface area contributed by atoms with Gasteiger partial charge in [0.2, 0.25) is 0 Å². The number of phenols is 1. The van der Waals surface area contributed by atoms with Gasteiger partial charge in [0.25, 0.3) is 0 Å². The summed E-state index contributed by atoms with van der Waals surface area (Å²) in [4.78, 5) is 18.4. The zero-order chi connectivity index (χ0) is 26.7. The Balaban J connectivity index is 1.34. The summed E-state index contributed by atoms with van der Waals surface area (Å²) in [7, 11) is 4.14. The molecule has 1 saturated carbocycles. The first kappa shape index (κ1) is 24.5. The second-order valence-electron chi connectivity index (χ2n) is 11.8. The topological polar surface area (TPSA) is 86.6 Å². The van der Waals surface area contributed by atoms with E-state index in [1.54, 1.807) is 18.3 Å². The molecule has 2 bridgehead atoms. The van der Waals surface area contributed by atoms with Gasteiger partial charge in [-0.05, 0) is 62.7 Å².